The van der Waals surface area contributed by atoms with E-state index in [1.807, 2.05) is 45.2 Å². The second-order valence-electron chi connectivity index (χ2n) is 5.89. The molecule has 0 radical (unpaired) electrons. The second-order valence-corrected chi connectivity index (χ2v) is 9.12. The van der Waals surface area contributed by atoms with Gasteiger partial charge >= 0.3 is 0 Å². The van der Waals surface area contributed by atoms with E-state index in [0.29, 0.717) is 7.14 Å². The summed E-state index contributed by atoms with van der Waals surface area (Å²) in [5.41, 5.74) is 0.278. The van der Waals surface area contributed by atoms with Crippen molar-refractivity contribution in [2.24, 2.45) is 0 Å². The highest BCUT2D eigenvalue weighted by Gasteiger charge is 2.30. The van der Waals surface area contributed by atoms with Crippen LogP contribution in [0.2, 0.25) is 0 Å². The van der Waals surface area contributed by atoms with Crippen molar-refractivity contribution in [3.63, 3.8) is 0 Å². The minimum absolute atomic E-state index is 0.0257. The Morgan fingerprint density at radius 3 is 1.77 bits per heavy atom. The Morgan fingerprint density at radius 1 is 0.900 bits per heavy atom. The van der Waals surface area contributed by atoms with Gasteiger partial charge in [0.1, 0.15) is 6.61 Å². The first-order chi connectivity index (χ1) is 14.0. The van der Waals surface area contributed by atoms with Crippen LogP contribution in [0.1, 0.15) is 20.7 Å². The maximum absolute atomic E-state index is 12.8. The lowest BCUT2D eigenvalue weighted by Gasteiger charge is -2.24. The lowest BCUT2D eigenvalue weighted by Crippen LogP contribution is -2.38. The van der Waals surface area contributed by atoms with E-state index in [1.54, 1.807) is 22.6 Å². The molecule has 168 valence electrons. The summed E-state index contributed by atoms with van der Waals surface area (Å²) in [7, 11) is 1.38. The minimum Gasteiger partial charge on any atom is -0.394 e. The van der Waals surface area contributed by atoms with Gasteiger partial charge < -0.3 is 41.1 Å². The maximum atomic E-state index is 12.8. The molecule has 0 heterocycles. The number of carbonyl (C=O) groups excluding carboxylic acids is 3. The van der Waals surface area contributed by atoms with Gasteiger partial charge in [0, 0.05) is 17.2 Å². The van der Waals surface area contributed by atoms with E-state index in [-0.39, 0.29) is 26.9 Å². The van der Waals surface area contributed by atoms with Crippen LogP contribution in [0, 0.1) is 10.7 Å². The van der Waals surface area contributed by atoms with Crippen LogP contribution in [0.4, 0.5) is 5.69 Å². The zero-order valence-electron chi connectivity index (χ0n) is 15.5. The van der Waals surface area contributed by atoms with Crippen molar-refractivity contribution < 1.29 is 39.9 Å². The minimum atomic E-state index is -1.78. The largest absolute Gasteiger partial charge is 0.394 e. The molecule has 0 spiro atoms. The Morgan fingerprint density at radius 2 is 1.37 bits per heavy atom. The van der Waals surface area contributed by atoms with Gasteiger partial charge in [-0.15, -0.1) is 0 Å². The zero-order valence-corrected chi connectivity index (χ0v) is 22.0. The van der Waals surface area contributed by atoms with Gasteiger partial charge in [0.05, 0.1) is 43.2 Å². The van der Waals surface area contributed by atoms with Crippen molar-refractivity contribution in [1.29, 1.82) is 0 Å². The third kappa shape index (κ3) is 6.81. The number of likely N-dealkylation sites (N-methyl/N-ethyl adjacent to an activating group) is 1. The number of halogens is 3. The molecule has 11 nitrogen and oxygen atoms in total. The van der Waals surface area contributed by atoms with E-state index in [0.717, 1.165) is 4.90 Å². The van der Waals surface area contributed by atoms with Gasteiger partial charge in [-0.1, -0.05) is 0 Å². The first-order valence-electron chi connectivity index (χ1n) is 8.27. The van der Waals surface area contributed by atoms with Crippen molar-refractivity contribution in [2.45, 2.75) is 12.4 Å². The fourth-order valence-corrected chi connectivity index (χ4v) is 7.08. The van der Waals surface area contributed by atoms with Crippen molar-refractivity contribution in [1.82, 2.24) is 10.6 Å². The van der Waals surface area contributed by atoms with Crippen molar-refractivity contribution in [3.05, 3.63) is 21.8 Å². The molecule has 0 bridgehead atoms. The van der Waals surface area contributed by atoms with Crippen LogP contribution < -0.4 is 15.5 Å². The fourth-order valence-electron chi connectivity index (χ4n) is 2.21. The van der Waals surface area contributed by atoms with E-state index in [2.05, 4.69) is 10.6 Å². The van der Waals surface area contributed by atoms with Crippen molar-refractivity contribution in [2.75, 3.05) is 38.3 Å². The number of anilines is 1. The molecular weight excluding hydrogens is 743 g/mol. The third-order valence-corrected chi connectivity index (χ3v) is 6.93. The summed E-state index contributed by atoms with van der Waals surface area (Å²) in [4.78, 5) is 38.7. The number of nitrogens with one attached hydrogen (secondary N) is 2. The monoisotopic (exact) mass is 763 g/mol. The van der Waals surface area contributed by atoms with Gasteiger partial charge in [0.15, 0.2) is 6.29 Å². The van der Waals surface area contributed by atoms with Crippen LogP contribution in [0.25, 0.3) is 0 Å². The molecule has 0 aliphatic carbocycles. The number of rotatable bonds is 9. The second kappa shape index (κ2) is 12.6. The van der Waals surface area contributed by atoms with Gasteiger partial charge in [0.25, 0.3) is 17.7 Å². The van der Waals surface area contributed by atoms with Crippen LogP contribution in [0.5, 0.6) is 0 Å². The Kier molecular flexibility index (Phi) is 11.6. The Bertz CT molecular complexity index is 822. The molecule has 0 aromatic heterocycles. The summed E-state index contributed by atoms with van der Waals surface area (Å²) in [5, 5.41) is 50.4. The smallest absolute Gasteiger partial charge is 0.253 e. The highest BCUT2D eigenvalue weighted by atomic mass is 127. The quantitative estimate of drug-likeness (QED) is 0.118. The SMILES string of the molecule is CN(C(=O)CO)c1c(I)c(C(=O)NCC(O)O)c(I)c(C(=O)NCC(O)CO)c1I. The maximum Gasteiger partial charge on any atom is 0.253 e. The normalized spacial score (nSPS) is 11.9. The first kappa shape index (κ1) is 27.7. The van der Waals surface area contributed by atoms with Gasteiger partial charge in [-0.2, -0.15) is 0 Å². The number of carbonyl (C=O) groups is 3. The molecule has 30 heavy (non-hydrogen) atoms. The van der Waals surface area contributed by atoms with E-state index in [1.165, 1.54) is 7.05 Å². The van der Waals surface area contributed by atoms with E-state index in [9.17, 15) is 24.6 Å². The summed E-state index contributed by atoms with van der Waals surface area (Å²) in [6.07, 6.45) is -2.96. The van der Waals surface area contributed by atoms with Crippen LogP contribution in [-0.2, 0) is 4.79 Å². The highest BCUT2D eigenvalue weighted by molar-refractivity contribution is 14.1. The number of hydrogen-bond acceptors (Lipinski definition) is 8. The van der Waals surface area contributed by atoms with Gasteiger partial charge in [-0.25, -0.2) is 0 Å². The van der Waals surface area contributed by atoms with Crippen molar-refractivity contribution >= 4 is 91.2 Å². The lowest BCUT2D eigenvalue weighted by atomic mass is 10.1. The number of benzene rings is 1. The molecule has 14 heteroatoms. The van der Waals surface area contributed by atoms with Crippen LogP contribution in [-0.4, -0.2) is 89.0 Å². The van der Waals surface area contributed by atoms with Crippen molar-refractivity contribution in [3.8, 4) is 0 Å². The van der Waals surface area contributed by atoms with Gasteiger partial charge in [0.2, 0.25) is 0 Å². The summed E-state index contributed by atoms with van der Waals surface area (Å²) in [6, 6.07) is 0. The molecule has 1 aromatic rings. The summed E-state index contributed by atoms with van der Waals surface area (Å²) >= 11 is 5.46. The van der Waals surface area contributed by atoms with Crippen LogP contribution >= 0.6 is 67.8 Å². The highest BCUT2D eigenvalue weighted by Crippen LogP contribution is 2.37. The number of aliphatic hydroxyl groups excluding tert-OH is 4. The molecule has 1 rings (SSSR count). The molecular formula is C16H20I3N3O8. The average Bonchev–Trinajstić information content (AvgIpc) is 2.69. The molecule has 3 amide bonds. The lowest BCUT2D eigenvalue weighted by molar-refractivity contribution is -0.121. The Hall–Kier alpha value is -0.380. The number of aliphatic hydroxyl groups is 5. The van der Waals surface area contributed by atoms with Crippen LogP contribution in [0.3, 0.4) is 0 Å². The number of amides is 3. The Labute approximate surface area is 212 Å². The molecule has 1 atom stereocenters. The van der Waals surface area contributed by atoms with Crippen LogP contribution in [0.15, 0.2) is 0 Å². The third-order valence-electron chi connectivity index (χ3n) is 3.75. The number of nitrogens with zero attached hydrogens (tertiary/aromatic N) is 1. The van der Waals surface area contributed by atoms with E-state index >= 15 is 0 Å². The molecule has 7 N–H and O–H groups in total. The molecule has 0 saturated carbocycles. The fraction of sp³-hybridized carbons (Fsp3) is 0.438. The molecule has 1 unspecified atom stereocenters. The summed E-state index contributed by atoms with van der Waals surface area (Å²) in [6.45, 7) is -2.05. The van der Waals surface area contributed by atoms with E-state index in [4.69, 9.17) is 15.3 Å². The Balaban J connectivity index is 3.62. The molecule has 0 fully saturated rings. The van der Waals surface area contributed by atoms with Gasteiger partial charge in [-0.3, -0.25) is 14.4 Å². The molecule has 0 aliphatic rings. The molecule has 0 aliphatic heterocycles. The summed E-state index contributed by atoms with van der Waals surface area (Å²) in [5.74, 6) is -2.04. The predicted molar refractivity (Wildman–Crippen MR) is 131 cm³/mol. The predicted octanol–water partition coefficient (Wildman–Crippen LogP) is -1.42. The molecule has 0 saturated heterocycles. The summed E-state index contributed by atoms with van der Waals surface area (Å²) < 4.78 is 0.860. The van der Waals surface area contributed by atoms with Gasteiger partial charge in [-0.05, 0) is 67.8 Å². The zero-order chi connectivity index (χ0) is 23.2. The topological polar surface area (TPSA) is 180 Å². The number of hydrogen-bond donors (Lipinski definition) is 7. The standard InChI is InChI=1S/C16H20I3N3O8/c1-22(7(26)5-24)14-12(18)9(15(29)20-2-6(25)4-23)11(17)10(13(14)19)16(30)21-3-8(27)28/h6,8,23-25,27-28H,2-5H2,1H3,(H,20,29)(H,21,30). The van der Waals surface area contributed by atoms with E-state index < -0.39 is 49.9 Å². The molecule has 1 aromatic carbocycles. The first-order valence-corrected chi connectivity index (χ1v) is 11.5. The average molecular weight is 763 g/mol.